The number of ketones is 1. The van der Waals surface area contributed by atoms with Crippen LogP contribution in [-0.2, 0) is 0 Å². The normalized spacial score (nSPS) is 17.2. The van der Waals surface area contributed by atoms with Gasteiger partial charge in [0.05, 0.1) is 0 Å². The Balaban J connectivity index is 1.86. The van der Waals surface area contributed by atoms with Gasteiger partial charge in [0.25, 0.3) is 0 Å². The van der Waals surface area contributed by atoms with Gasteiger partial charge in [0, 0.05) is 22.3 Å². The molecular formula is C15H10F2O2S. The summed E-state index contributed by atoms with van der Waals surface area (Å²) in [5.41, 5.74) is -0.00696. The number of ether oxygens (including phenoxy) is 1. The molecule has 2 aromatic carbocycles. The summed E-state index contributed by atoms with van der Waals surface area (Å²) in [7, 11) is 0. The molecule has 1 aliphatic rings. The van der Waals surface area contributed by atoms with Crippen LogP contribution in [0.5, 0.6) is 5.75 Å². The van der Waals surface area contributed by atoms with Gasteiger partial charge >= 0.3 is 0 Å². The van der Waals surface area contributed by atoms with Gasteiger partial charge in [-0.3, -0.25) is 4.79 Å². The summed E-state index contributed by atoms with van der Waals surface area (Å²) in [4.78, 5) is 13.2. The van der Waals surface area contributed by atoms with Crippen LogP contribution < -0.4 is 4.74 Å². The predicted molar refractivity (Wildman–Crippen MR) is 72.3 cm³/mol. The van der Waals surface area contributed by atoms with Crippen LogP contribution in [-0.4, -0.2) is 17.6 Å². The Morgan fingerprint density at radius 1 is 1.15 bits per heavy atom. The topological polar surface area (TPSA) is 26.3 Å². The summed E-state index contributed by atoms with van der Waals surface area (Å²) in [5.74, 6) is -0.896. The van der Waals surface area contributed by atoms with E-state index in [1.165, 1.54) is 11.8 Å². The lowest BCUT2D eigenvalue weighted by atomic mass is 10.1. The van der Waals surface area contributed by atoms with Crippen LogP contribution in [0.1, 0.15) is 10.4 Å². The second kappa shape index (κ2) is 5.25. The molecule has 20 heavy (non-hydrogen) atoms. The lowest BCUT2D eigenvalue weighted by Gasteiger charge is -2.24. The molecule has 0 radical (unpaired) electrons. The number of hydrogen-bond donors (Lipinski definition) is 0. The van der Waals surface area contributed by atoms with Crippen LogP contribution in [0.2, 0.25) is 0 Å². The van der Waals surface area contributed by atoms with Gasteiger partial charge in [0.15, 0.2) is 6.10 Å². The van der Waals surface area contributed by atoms with Crippen molar-refractivity contribution in [3.05, 3.63) is 59.7 Å². The van der Waals surface area contributed by atoms with E-state index in [0.717, 1.165) is 23.1 Å². The molecular weight excluding hydrogens is 282 g/mol. The molecule has 1 heterocycles. The standard InChI is InChI=1S/C15H10F2O2S/c16-10-5-9(6-11(17)7-10)15(18)13-8-20-14-4-2-1-3-12(14)19-13/h1-7,13H,8H2. The van der Waals surface area contributed by atoms with Gasteiger partial charge < -0.3 is 4.74 Å². The third-order valence-electron chi connectivity index (χ3n) is 2.95. The average Bonchev–Trinajstić information content (AvgIpc) is 2.45. The molecule has 0 saturated carbocycles. The fraction of sp³-hybridized carbons (Fsp3) is 0.133. The van der Waals surface area contributed by atoms with Crippen LogP contribution in [0.3, 0.4) is 0 Å². The van der Waals surface area contributed by atoms with Crippen molar-refractivity contribution >= 4 is 17.5 Å². The first-order valence-electron chi connectivity index (χ1n) is 6.02. The van der Waals surface area contributed by atoms with E-state index in [4.69, 9.17) is 4.74 Å². The molecule has 0 bridgehead atoms. The number of fused-ring (bicyclic) bond motifs is 1. The molecule has 1 aliphatic heterocycles. The Bertz CT molecular complexity index is 652. The Labute approximate surface area is 118 Å². The van der Waals surface area contributed by atoms with E-state index in [1.807, 2.05) is 18.2 Å². The molecule has 0 spiro atoms. The number of hydrogen-bond acceptors (Lipinski definition) is 3. The molecule has 5 heteroatoms. The number of carbonyl (C=O) groups excluding carboxylic acids is 1. The number of benzene rings is 2. The fourth-order valence-electron chi connectivity index (χ4n) is 2.03. The highest BCUT2D eigenvalue weighted by molar-refractivity contribution is 7.99. The Kier molecular flexibility index (Phi) is 3.44. The minimum atomic E-state index is -0.766. The molecule has 102 valence electrons. The quantitative estimate of drug-likeness (QED) is 0.789. The van der Waals surface area contributed by atoms with Crippen molar-refractivity contribution in [2.45, 2.75) is 11.0 Å². The number of para-hydroxylation sites is 1. The SMILES string of the molecule is O=C(c1cc(F)cc(F)c1)C1CSc2ccccc2O1. The van der Waals surface area contributed by atoms with E-state index < -0.39 is 23.5 Å². The maximum atomic E-state index is 13.2. The molecule has 0 N–H and O–H groups in total. The van der Waals surface area contributed by atoms with Gasteiger partial charge in [-0.05, 0) is 24.3 Å². The number of halogens is 2. The smallest absolute Gasteiger partial charge is 0.204 e. The van der Waals surface area contributed by atoms with Crippen molar-refractivity contribution < 1.29 is 18.3 Å². The van der Waals surface area contributed by atoms with E-state index in [0.29, 0.717) is 11.5 Å². The zero-order chi connectivity index (χ0) is 14.1. The van der Waals surface area contributed by atoms with Crippen LogP contribution in [0.4, 0.5) is 8.78 Å². The third kappa shape index (κ3) is 2.54. The highest BCUT2D eigenvalue weighted by atomic mass is 32.2. The van der Waals surface area contributed by atoms with Crippen LogP contribution in [0.25, 0.3) is 0 Å². The van der Waals surface area contributed by atoms with E-state index in [9.17, 15) is 13.6 Å². The summed E-state index contributed by atoms with van der Waals surface area (Å²) >= 11 is 1.49. The van der Waals surface area contributed by atoms with Crippen LogP contribution in [0, 0.1) is 11.6 Å². The zero-order valence-electron chi connectivity index (χ0n) is 10.3. The number of Topliss-reactive ketones (excluding diaryl/α,β-unsaturated/α-hetero) is 1. The third-order valence-corrected chi connectivity index (χ3v) is 4.07. The van der Waals surface area contributed by atoms with Crippen molar-refractivity contribution in [3.8, 4) is 5.75 Å². The number of thioether (sulfide) groups is 1. The van der Waals surface area contributed by atoms with Gasteiger partial charge in [-0.1, -0.05) is 12.1 Å². The van der Waals surface area contributed by atoms with Crippen LogP contribution >= 0.6 is 11.8 Å². The van der Waals surface area contributed by atoms with Gasteiger partial charge in [0.2, 0.25) is 5.78 Å². The molecule has 0 amide bonds. The molecule has 0 saturated heterocycles. The maximum Gasteiger partial charge on any atom is 0.204 e. The molecule has 0 aromatic heterocycles. The van der Waals surface area contributed by atoms with Crippen molar-refractivity contribution in [2.75, 3.05) is 5.75 Å². The minimum absolute atomic E-state index is 0.00696. The molecule has 1 unspecified atom stereocenters. The largest absolute Gasteiger partial charge is 0.480 e. The van der Waals surface area contributed by atoms with E-state index in [1.54, 1.807) is 6.07 Å². The average molecular weight is 292 g/mol. The van der Waals surface area contributed by atoms with Gasteiger partial charge in [-0.2, -0.15) is 0 Å². The molecule has 0 aliphatic carbocycles. The summed E-state index contributed by atoms with van der Waals surface area (Å²) in [6.07, 6.45) is -0.726. The van der Waals surface area contributed by atoms with Gasteiger partial charge in [-0.25, -0.2) is 8.78 Å². The highest BCUT2D eigenvalue weighted by Gasteiger charge is 2.27. The monoisotopic (exact) mass is 292 g/mol. The van der Waals surface area contributed by atoms with E-state index in [2.05, 4.69) is 0 Å². The number of carbonyl (C=O) groups is 1. The highest BCUT2D eigenvalue weighted by Crippen LogP contribution is 2.35. The molecule has 1 atom stereocenters. The second-order valence-electron chi connectivity index (χ2n) is 4.39. The summed E-state index contributed by atoms with van der Waals surface area (Å²) in [6.45, 7) is 0. The van der Waals surface area contributed by atoms with Crippen molar-refractivity contribution in [2.24, 2.45) is 0 Å². The summed E-state index contributed by atoms with van der Waals surface area (Å²) in [6, 6.07) is 10.2. The van der Waals surface area contributed by atoms with E-state index in [-0.39, 0.29) is 5.56 Å². The first kappa shape index (κ1) is 13.1. The summed E-state index contributed by atoms with van der Waals surface area (Å²) < 4.78 is 31.9. The van der Waals surface area contributed by atoms with E-state index >= 15 is 0 Å². The van der Waals surface area contributed by atoms with Crippen molar-refractivity contribution in [3.63, 3.8) is 0 Å². The van der Waals surface area contributed by atoms with Crippen molar-refractivity contribution in [1.82, 2.24) is 0 Å². The molecule has 3 rings (SSSR count). The summed E-state index contributed by atoms with van der Waals surface area (Å²) in [5, 5.41) is 0. The maximum absolute atomic E-state index is 13.2. The Morgan fingerprint density at radius 2 is 1.85 bits per heavy atom. The fourth-order valence-corrected chi connectivity index (χ4v) is 3.01. The zero-order valence-corrected chi connectivity index (χ0v) is 11.1. The molecule has 2 aromatic rings. The molecule has 2 nitrogen and oxygen atoms in total. The lowest BCUT2D eigenvalue weighted by molar-refractivity contribution is 0.0814. The Morgan fingerprint density at radius 3 is 2.60 bits per heavy atom. The molecule has 0 fully saturated rings. The minimum Gasteiger partial charge on any atom is -0.480 e. The first-order valence-corrected chi connectivity index (χ1v) is 7.01. The van der Waals surface area contributed by atoms with Crippen molar-refractivity contribution in [1.29, 1.82) is 0 Å². The lowest BCUT2D eigenvalue weighted by Crippen LogP contribution is -2.32. The second-order valence-corrected chi connectivity index (χ2v) is 5.45. The first-order chi connectivity index (χ1) is 9.63. The van der Waals surface area contributed by atoms with Gasteiger partial charge in [0.1, 0.15) is 17.4 Å². The number of rotatable bonds is 2. The van der Waals surface area contributed by atoms with Gasteiger partial charge in [-0.15, -0.1) is 11.8 Å². The Hall–Kier alpha value is -1.88. The predicted octanol–water partition coefficient (Wildman–Crippen LogP) is 3.70. The van der Waals surface area contributed by atoms with Crippen LogP contribution in [0.15, 0.2) is 47.4 Å².